The molecule has 1 aliphatic heterocycles. The van der Waals surface area contributed by atoms with Crippen LogP contribution in [0, 0.1) is 12.8 Å². The van der Waals surface area contributed by atoms with Crippen LogP contribution >= 0.6 is 0 Å². The van der Waals surface area contributed by atoms with Gasteiger partial charge in [0.05, 0.1) is 13.7 Å². The van der Waals surface area contributed by atoms with E-state index >= 15 is 0 Å². The number of hydrogen-bond acceptors (Lipinski definition) is 5. The van der Waals surface area contributed by atoms with Gasteiger partial charge in [0.25, 0.3) is 5.91 Å². The average molecular weight is 483 g/mol. The van der Waals surface area contributed by atoms with E-state index in [1.54, 1.807) is 43.4 Å². The summed E-state index contributed by atoms with van der Waals surface area (Å²) in [5, 5.41) is 8.66. The fourth-order valence-electron chi connectivity index (χ4n) is 4.03. The van der Waals surface area contributed by atoms with Crippen LogP contribution in [0.1, 0.15) is 28.8 Å². The van der Waals surface area contributed by atoms with Crippen LogP contribution in [-0.2, 0) is 9.53 Å². The van der Waals surface area contributed by atoms with Crippen molar-refractivity contribution in [1.29, 1.82) is 0 Å². The topological polar surface area (TPSA) is 109 Å². The Hall–Kier alpha value is -3.59. The third-order valence-corrected chi connectivity index (χ3v) is 6.13. The Kier molecular flexibility index (Phi) is 9.48. The van der Waals surface area contributed by atoms with Crippen LogP contribution in [0.25, 0.3) is 0 Å². The molecule has 0 saturated carbocycles. The predicted molar refractivity (Wildman–Crippen MR) is 134 cm³/mol. The van der Waals surface area contributed by atoms with Crippen molar-refractivity contribution < 1.29 is 23.9 Å². The fourth-order valence-corrected chi connectivity index (χ4v) is 4.03. The molecule has 1 aliphatic rings. The van der Waals surface area contributed by atoms with E-state index in [1.807, 2.05) is 31.2 Å². The summed E-state index contributed by atoms with van der Waals surface area (Å²) in [5.74, 6) is -0.0552. The summed E-state index contributed by atoms with van der Waals surface area (Å²) in [7, 11) is 3.12. The maximum absolute atomic E-state index is 13.0. The maximum atomic E-state index is 13.0. The fraction of sp³-hybridized carbons (Fsp3) is 0.423. The number of hydrogen-bond donors (Lipinski definition) is 3. The summed E-state index contributed by atoms with van der Waals surface area (Å²) in [6.45, 7) is 3.70. The van der Waals surface area contributed by atoms with Gasteiger partial charge in [-0.2, -0.15) is 0 Å². The summed E-state index contributed by atoms with van der Waals surface area (Å²) >= 11 is 0. The molecule has 3 rings (SSSR count). The molecule has 0 aliphatic carbocycles. The molecule has 1 fully saturated rings. The molecular weight excluding hydrogens is 448 g/mol. The standard InChI is InChI=1S/C26H34N4O5/c1-18-4-8-21(9-5-18)28-26(33)30-15-12-19(13-16-30)23(25(32)27-14-17-34-2)29-24(31)20-6-10-22(35-3)11-7-20/h4-11,19,23H,12-17H2,1-3H3,(H,27,32)(H,28,33)(H,29,31). The molecule has 0 spiro atoms. The van der Waals surface area contributed by atoms with Gasteiger partial charge in [0.1, 0.15) is 11.8 Å². The highest BCUT2D eigenvalue weighted by Gasteiger charge is 2.34. The normalized spacial score (nSPS) is 14.7. The van der Waals surface area contributed by atoms with Crippen molar-refractivity contribution in [2.24, 2.45) is 5.92 Å². The molecule has 1 unspecified atom stereocenters. The Bertz CT molecular complexity index is 986. The second-order valence-corrected chi connectivity index (χ2v) is 8.58. The molecule has 2 aromatic carbocycles. The second-order valence-electron chi connectivity index (χ2n) is 8.58. The van der Waals surface area contributed by atoms with Crippen molar-refractivity contribution >= 4 is 23.5 Å². The number of carbonyl (C=O) groups is 3. The number of benzene rings is 2. The zero-order valence-corrected chi connectivity index (χ0v) is 20.5. The molecule has 1 heterocycles. The maximum Gasteiger partial charge on any atom is 0.321 e. The smallest absolute Gasteiger partial charge is 0.321 e. The number of nitrogens with zero attached hydrogens (tertiary/aromatic N) is 1. The Morgan fingerprint density at radius 3 is 2.26 bits per heavy atom. The van der Waals surface area contributed by atoms with Crippen LogP contribution in [0.3, 0.4) is 0 Å². The average Bonchev–Trinajstić information content (AvgIpc) is 2.88. The van der Waals surface area contributed by atoms with Gasteiger partial charge in [0.2, 0.25) is 5.91 Å². The molecule has 1 saturated heterocycles. The molecule has 0 aromatic heterocycles. The Morgan fingerprint density at radius 1 is 1.00 bits per heavy atom. The molecule has 188 valence electrons. The lowest BCUT2D eigenvalue weighted by Crippen LogP contribution is -2.54. The van der Waals surface area contributed by atoms with Gasteiger partial charge in [0, 0.05) is 38.0 Å². The van der Waals surface area contributed by atoms with Crippen molar-refractivity contribution in [2.45, 2.75) is 25.8 Å². The van der Waals surface area contributed by atoms with E-state index < -0.39 is 6.04 Å². The van der Waals surface area contributed by atoms with Gasteiger partial charge in [-0.3, -0.25) is 9.59 Å². The molecule has 4 amide bonds. The van der Waals surface area contributed by atoms with Crippen molar-refractivity contribution in [1.82, 2.24) is 15.5 Å². The van der Waals surface area contributed by atoms with Crippen LogP contribution in [0.4, 0.5) is 10.5 Å². The molecular formula is C26H34N4O5. The summed E-state index contributed by atoms with van der Waals surface area (Å²) in [5.41, 5.74) is 2.30. The van der Waals surface area contributed by atoms with Gasteiger partial charge in [0.15, 0.2) is 0 Å². The van der Waals surface area contributed by atoms with E-state index in [9.17, 15) is 14.4 Å². The SMILES string of the molecule is COCCNC(=O)C(NC(=O)c1ccc(OC)cc1)C1CCN(C(=O)Nc2ccc(C)cc2)CC1. The first-order valence-electron chi connectivity index (χ1n) is 11.8. The van der Waals surface area contributed by atoms with Crippen LogP contribution < -0.4 is 20.7 Å². The number of likely N-dealkylation sites (tertiary alicyclic amines) is 1. The highest BCUT2D eigenvalue weighted by molar-refractivity contribution is 5.97. The van der Waals surface area contributed by atoms with Crippen LogP contribution in [0.15, 0.2) is 48.5 Å². The Balaban J connectivity index is 1.62. The van der Waals surface area contributed by atoms with Crippen LogP contribution in [-0.4, -0.2) is 69.2 Å². The number of aryl methyl sites for hydroxylation is 1. The zero-order valence-electron chi connectivity index (χ0n) is 20.5. The van der Waals surface area contributed by atoms with E-state index in [-0.39, 0.29) is 23.8 Å². The molecule has 0 bridgehead atoms. The minimum absolute atomic E-state index is 0.108. The van der Waals surface area contributed by atoms with Crippen molar-refractivity contribution in [3.05, 3.63) is 59.7 Å². The number of carbonyl (C=O) groups excluding carboxylic acids is 3. The lowest BCUT2D eigenvalue weighted by Gasteiger charge is -2.35. The summed E-state index contributed by atoms with van der Waals surface area (Å²) < 4.78 is 10.2. The van der Waals surface area contributed by atoms with Crippen LogP contribution in [0.2, 0.25) is 0 Å². The van der Waals surface area contributed by atoms with E-state index in [0.717, 1.165) is 11.3 Å². The van der Waals surface area contributed by atoms with Gasteiger partial charge < -0.3 is 30.3 Å². The quantitative estimate of drug-likeness (QED) is 0.476. The molecule has 35 heavy (non-hydrogen) atoms. The number of urea groups is 1. The minimum Gasteiger partial charge on any atom is -0.497 e. The largest absolute Gasteiger partial charge is 0.497 e. The van der Waals surface area contributed by atoms with Crippen molar-refractivity contribution in [2.75, 3.05) is 45.8 Å². The van der Waals surface area contributed by atoms with Gasteiger partial charge in [-0.1, -0.05) is 17.7 Å². The number of piperidine rings is 1. The van der Waals surface area contributed by atoms with E-state index in [1.165, 1.54) is 0 Å². The number of methoxy groups -OCH3 is 2. The predicted octanol–water partition coefficient (Wildman–Crippen LogP) is 2.81. The molecule has 0 radical (unpaired) electrons. The monoisotopic (exact) mass is 482 g/mol. The van der Waals surface area contributed by atoms with Gasteiger partial charge in [-0.05, 0) is 62.1 Å². The third-order valence-electron chi connectivity index (χ3n) is 6.13. The van der Waals surface area contributed by atoms with E-state index in [2.05, 4.69) is 16.0 Å². The molecule has 1 atom stereocenters. The van der Waals surface area contributed by atoms with E-state index in [4.69, 9.17) is 9.47 Å². The van der Waals surface area contributed by atoms with Gasteiger partial charge in [-0.25, -0.2) is 4.79 Å². The highest BCUT2D eigenvalue weighted by atomic mass is 16.5. The number of nitrogens with one attached hydrogen (secondary N) is 3. The lowest BCUT2D eigenvalue weighted by molar-refractivity contribution is -0.124. The minimum atomic E-state index is -0.719. The molecule has 9 nitrogen and oxygen atoms in total. The first kappa shape index (κ1) is 26.0. The van der Waals surface area contributed by atoms with Gasteiger partial charge in [-0.15, -0.1) is 0 Å². The zero-order chi connectivity index (χ0) is 25.2. The highest BCUT2D eigenvalue weighted by Crippen LogP contribution is 2.23. The summed E-state index contributed by atoms with van der Waals surface area (Å²) in [6, 6.07) is 13.5. The van der Waals surface area contributed by atoms with E-state index in [0.29, 0.717) is 50.4 Å². The van der Waals surface area contributed by atoms with Crippen LogP contribution in [0.5, 0.6) is 5.75 Å². The number of anilines is 1. The van der Waals surface area contributed by atoms with Crippen molar-refractivity contribution in [3.8, 4) is 5.75 Å². The number of ether oxygens (including phenoxy) is 2. The van der Waals surface area contributed by atoms with Crippen molar-refractivity contribution in [3.63, 3.8) is 0 Å². The molecule has 3 N–H and O–H groups in total. The van der Waals surface area contributed by atoms with Gasteiger partial charge >= 0.3 is 6.03 Å². The number of amides is 4. The number of rotatable bonds is 9. The molecule has 9 heteroatoms. The third kappa shape index (κ3) is 7.45. The first-order valence-corrected chi connectivity index (χ1v) is 11.8. The first-order chi connectivity index (χ1) is 16.9. The Labute approximate surface area is 206 Å². The summed E-state index contributed by atoms with van der Waals surface area (Å²) in [4.78, 5) is 40.3. The second kappa shape index (κ2) is 12.8. The Morgan fingerprint density at radius 2 is 1.66 bits per heavy atom. The summed E-state index contributed by atoms with van der Waals surface area (Å²) in [6.07, 6.45) is 1.18. The molecule has 2 aromatic rings. The lowest BCUT2D eigenvalue weighted by atomic mass is 9.88.